The lowest BCUT2D eigenvalue weighted by Crippen LogP contribution is -2.51. The fraction of sp³-hybridized carbons (Fsp3) is 0.280. The van der Waals surface area contributed by atoms with Crippen LogP contribution in [0.5, 0.6) is 0 Å². The first-order valence-corrected chi connectivity index (χ1v) is 9.72. The Bertz CT molecular complexity index is 820. The van der Waals surface area contributed by atoms with Gasteiger partial charge in [-0.25, -0.2) is 4.57 Å². The molecular formula is C25H35N5+4. The molecule has 156 valence electrons. The molecule has 0 spiro atoms. The standard InChI is InChI=1S/C12H12N.C7H11N2.2C3H6N/c1-3-7-12(8-4-1)11-13-9-5-2-6-10-13;1-8(2)9-6-4-3-5-7-9;2*1-3-4-2/h1-10H,11H2;3-7H,1-2H3;2*1-2H3/q4*+1. The van der Waals surface area contributed by atoms with E-state index in [9.17, 15) is 0 Å². The van der Waals surface area contributed by atoms with Gasteiger partial charge in [-0.3, -0.25) is 0 Å². The Hall–Kier alpha value is -3.70. The van der Waals surface area contributed by atoms with Crippen LogP contribution in [-0.2, 0) is 6.54 Å². The average Bonchev–Trinajstić information content (AvgIpc) is 2.82. The maximum atomic E-state index is 3.49. The summed E-state index contributed by atoms with van der Waals surface area (Å²) in [5.74, 6) is 0. The number of hydrogen-bond donors (Lipinski definition) is 0. The highest BCUT2D eigenvalue weighted by molar-refractivity contribution is 5.13. The second-order valence-corrected chi connectivity index (χ2v) is 6.03. The molecule has 0 N–H and O–H groups in total. The molecule has 0 aliphatic rings. The number of rotatable bonds is 3. The van der Waals surface area contributed by atoms with Gasteiger partial charge in [-0.2, -0.15) is 5.01 Å². The Balaban J connectivity index is 0.000000430. The van der Waals surface area contributed by atoms with E-state index in [1.807, 2.05) is 78.6 Å². The molecule has 0 radical (unpaired) electrons. The molecule has 5 heteroatoms. The highest BCUT2D eigenvalue weighted by Gasteiger charge is 1.98. The Kier molecular flexibility index (Phi) is 16.4. The van der Waals surface area contributed by atoms with Gasteiger partial charge in [0.1, 0.15) is 0 Å². The van der Waals surface area contributed by atoms with Crippen molar-refractivity contribution >= 4 is 0 Å². The summed E-state index contributed by atoms with van der Waals surface area (Å²) in [4.78, 5) is 6.97. The molecule has 0 saturated carbocycles. The molecule has 2 heterocycles. The van der Waals surface area contributed by atoms with Crippen molar-refractivity contribution in [3.05, 3.63) is 107 Å². The largest absolute Gasteiger partial charge is 0.269 e. The Morgan fingerprint density at radius 2 is 1.10 bits per heavy atom. The van der Waals surface area contributed by atoms with Crippen LogP contribution in [0.25, 0.3) is 9.69 Å². The number of aromatic nitrogens is 2. The van der Waals surface area contributed by atoms with Crippen LogP contribution in [0.1, 0.15) is 19.4 Å². The summed E-state index contributed by atoms with van der Waals surface area (Å²) in [5, 5.41) is 2.00. The van der Waals surface area contributed by atoms with Crippen molar-refractivity contribution in [3.8, 4) is 12.1 Å². The molecule has 2 aromatic heterocycles. The van der Waals surface area contributed by atoms with Gasteiger partial charge in [0, 0.05) is 29.8 Å². The lowest BCUT2D eigenvalue weighted by Gasteiger charge is -2.02. The van der Waals surface area contributed by atoms with E-state index in [1.165, 1.54) is 5.56 Å². The number of nitrogens with zero attached hydrogens (tertiary/aromatic N) is 5. The van der Waals surface area contributed by atoms with Crippen LogP contribution in [0.3, 0.4) is 0 Å². The molecule has 0 amide bonds. The van der Waals surface area contributed by atoms with Crippen LogP contribution >= 0.6 is 0 Å². The van der Waals surface area contributed by atoms with Crippen molar-refractivity contribution in [3.63, 3.8) is 0 Å². The molecule has 0 saturated heterocycles. The SMILES string of the molecule is CC#[N+]C.CC#[N+]C.CN(C)[n+]1ccccc1.c1ccc(C[n+]2ccccc2)cc1. The molecule has 0 aliphatic carbocycles. The maximum absolute atomic E-state index is 3.49. The summed E-state index contributed by atoms with van der Waals surface area (Å²) < 4.78 is 4.16. The van der Waals surface area contributed by atoms with Gasteiger partial charge in [0.25, 0.3) is 26.2 Å². The Morgan fingerprint density at radius 1 is 0.700 bits per heavy atom. The second kappa shape index (κ2) is 18.7. The topological polar surface area (TPSA) is 19.7 Å². The van der Waals surface area contributed by atoms with Gasteiger partial charge >= 0.3 is 0 Å². The van der Waals surface area contributed by atoms with E-state index in [4.69, 9.17) is 0 Å². The summed E-state index contributed by atoms with van der Waals surface area (Å²) >= 11 is 0. The zero-order valence-corrected chi connectivity index (χ0v) is 19.1. The molecule has 0 atom stereocenters. The van der Waals surface area contributed by atoms with Gasteiger partial charge in [0.15, 0.2) is 31.3 Å². The fourth-order valence-corrected chi connectivity index (χ4v) is 1.99. The van der Waals surface area contributed by atoms with Gasteiger partial charge in [-0.05, 0) is 0 Å². The lowest BCUT2D eigenvalue weighted by molar-refractivity contribution is -0.688. The second-order valence-electron chi connectivity index (χ2n) is 6.03. The minimum atomic E-state index is 0.946. The van der Waals surface area contributed by atoms with Crippen molar-refractivity contribution in [2.24, 2.45) is 0 Å². The summed E-state index contributed by atoms with van der Waals surface area (Å²) in [7, 11) is 7.39. The number of hydrogen-bond acceptors (Lipinski definition) is 1. The summed E-state index contributed by atoms with van der Waals surface area (Å²) in [6.07, 6.45) is 8.15. The molecule has 5 nitrogen and oxygen atoms in total. The van der Waals surface area contributed by atoms with Gasteiger partial charge in [-0.15, -0.1) is 0 Å². The predicted molar refractivity (Wildman–Crippen MR) is 127 cm³/mol. The van der Waals surface area contributed by atoms with Crippen molar-refractivity contribution in [1.82, 2.24) is 0 Å². The average molecular weight is 406 g/mol. The zero-order valence-electron chi connectivity index (χ0n) is 19.1. The summed E-state index contributed by atoms with van der Waals surface area (Å²) in [6.45, 7) is 4.47. The molecule has 3 aromatic rings. The molecule has 30 heavy (non-hydrogen) atoms. The van der Waals surface area contributed by atoms with Gasteiger partial charge in [-0.1, -0.05) is 56.8 Å². The fourth-order valence-electron chi connectivity index (χ4n) is 1.99. The first kappa shape index (κ1) is 26.3. The minimum Gasteiger partial charge on any atom is -0.201 e. The van der Waals surface area contributed by atoms with E-state index in [0.717, 1.165) is 6.54 Å². The number of pyridine rings is 2. The first-order valence-electron chi connectivity index (χ1n) is 9.72. The molecule has 0 unspecified atom stereocenters. The Morgan fingerprint density at radius 3 is 1.47 bits per heavy atom. The van der Waals surface area contributed by atoms with Crippen LogP contribution in [-0.4, -0.2) is 28.2 Å². The molecule has 1 aromatic carbocycles. The van der Waals surface area contributed by atoms with Gasteiger partial charge in [0.2, 0.25) is 0 Å². The van der Waals surface area contributed by atoms with E-state index in [-0.39, 0.29) is 0 Å². The molecule has 0 fully saturated rings. The highest BCUT2D eigenvalue weighted by atomic mass is 15.5. The van der Waals surface area contributed by atoms with Crippen molar-refractivity contribution in [2.45, 2.75) is 20.4 Å². The summed E-state index contributed by atoms with van der Waals surface area (Å²) in [6, 6.07) is 27.7. The summed E-state index contributed by atoms with van der Waals surface area (Å²) in [5.41, 5.74) is 1.33. The smallest absolute Gasteiger partial charge is 0.201 e. The van der Waals surface area contributed by atoms with Crippen molar-refractivity contribution < 1.29 is 9.24 Å². The zero-order chi connectivity index (χ0) is 22.5. The first-order chi connectivity index (χ1) is 14.6. The van der Waals surface area contributed by atoms with E-state index >= 15 is 0 Å². The molecular weight excluding hydrogens is 370 g/mol. The predicted octanol–water partition coefficient (Wildman–Crippen LogP) is 4.13. The van der Waals surface area contributed by atoms with E-state index in [2.05, 4.69) is 63.1 Å². The minimum absolute atomic E-state index is 0.946. The van der Waals surface area contributed by atoms with Gasteiger partial charge < -0.3 is 0 Å². The van der Waals surface area contributed by atoms with Crippen LogP contribution in [0.2, 0.25) is 0 Å². The van der Waals surface area contributed by atoms with E-state index in [1.54, 1.807) is 27.9 Å². The van der Waals surface area contributed by atoms with Crippen LogP contribution < -0.4 is 14.3 Å². The quantitative estimate of drug-likeness (QED) is 0.600. The highest BCUT2D eigenvalue weighted by Crippen LogP contribution is 1.96. The number of benzene rings is 1. The monoisotopic (exact) mass is 405 g/mol. The lowest BCUT2D eigenvalue weighted by atomic mass is 10.2. The molecule has 0 bridgehead atoms. The van der Waals surface area contributed by atoms with Crippen molar-refractivity contribution in [1.29, 1.82) is 0 Å². The van der Waals surface area contributed by atoms with Crippen LogP contribution in [0.15, 0.2) is 91.5 Å². The van der Waals surface area contributed by atoms with Crippen LogP contribution in [0.4, 0.5) is 0 Å². The maximum Gasteiger partial charge on any atom is 0.269 e. The van der Waals surface area contributed by atoms with E-state index < -0.39 is 0 Å². The molecule has 0 aliphatic heterocycles. The van der Waals surface area contributed by atoms with Gasteiger partial charge in [0.05, 0.1) is 27.9 Å². The third-order valence-corrected chi connectivity index (χ3v) is 3.59. The Labute approximate surface area is 182 Å². The third-order valence-electron chi connectivity index (χ3n) is 3.59. The van der Waals surface area contributed by atoms with Crippen molar-refractivity contribution in [2.75, 3.05) is 33.2 Å². The normalized spacial score (nSPS) is 7.93. The van der Waals surface area contributed by atoms with Crippen LogP contribution in [0, 0.1) is 12.1 Å². The third kappa shape index (κ3) is 14.4. The molecule has 3 rings (SSSR count). The van der Waals surface area contributed by atoms with E-state index in [0.29, 0.717) is 0 Å².